The standard InChI is InChI=1S/C5H7Cl2O/c1-2-4(8)3-5(6)7/h5H,1-3H2. The first-order valence-corrected chi connectivity index (χ1v) is 3.13. The van der Waals surface area contributed by atoms with Crippen molar-refractivity contribution in [2.45, 2.75) is 17.7 Å². The molecule has 0 aromatic heterocycles. The summed E-state index contributed by atoms with van der Waals surface area (Å²) in [6, 6.07) is 0. The second-order valence-electron chi connectivity index (χ2n) is 1.38. The van der Waals surface area contributed by atoms with Crippen molar-refractivity contribution in [3.63, 3.8) is 0 Å². The van der Waals surface area contributed by atoms with Crippen molar-refractivity contribution >= 4 is 29.0 Å². The molecule has 0 aromatic rings. The van der Waals surface area contributed by atoms with Crippen LogP contribution in [0.15, 0.2) is 0 Å². The maximum Gasteiger partial charge on any atom is 0.135 e. The minimum atomic E-state index is -0.566. The van der Waals surface area contributed by atoms with Crippen LogP contribution >= 0.6 is 23.2 Å². The maximum atomic E-state index is 10.4. The Kier molecular flexibility index (Phi) is 4.29. The highest BCUT2D eigenvalue weighted by Gasteiger charge is 2.03. The number of hydrogen-bond acceptors (Lipinski definition) is 1. The van der Waals surface area contributed by atoms with Crippen molar-refractivity contribution in [1.29, 1.82) is 0 Å². The van der Waals surface area contributed by atoms with Gasteiger partial charge < -0.3 is 0 Å². The Morgan fingerprint density at radius 3 is 2.25 bits per heavy atom. The lowest BCUT2D eigenvalue weighted by Crippen LogP contribution is -2.00. The largest absolute Gasteiger partial charge is 0.300 e. The maximum absolute atomic E-state index is 10.4. The van der Waals surface area contributed by atoms with Crippen LogP contribution in [0, 0.1) is 6.92 Å². The second-order valence-corrected chi connectivity index (χ2v) is 2.66. The van der Waals surface area contributed by atoms with Crippen molar-refractivity contribution < 1.29 is 4.79 Å². The molecule has 8 heavy (non-hydrogen) atoms. The van der Waals surface area contributed by atoms with Crippen molar-refractivity contribution in [2.24, 2.45) is 0 Å². The highest BCUT2D eigenvalue weighted by atomic mass is 35.5. The molecule has 0 rings (SSSR count). The summed E-state index contributed by atoms with van der Waals surface area (Å²) in [5.74, 6) is 0.000000000000000444. The normalized spacial score (nSPS) is 10.0. The van der Waals surface area contributed by atoms with Gasteiger partial charge in [-0.15, -0.1) is 23.2 Å². The van der Waals surface area contributed by atoms with E-state index in [0.717, 1.165) is 0 Å². The average molecular weight is 154 g/mol. The molecule has 0 saturated heterocycles. The van der Waals surface area contributed by atoms with Gasteiger partial charge in [0.1, 0.15) is 10.6 Å². The van der Waals surface area contributed by atoms with E-state index in [9.17, 15) is 4.79 Å². The van der Waals surface area contributed by atoms with Gasteiger partial charge in [-0.3, -0.25) is 4.79 Å². The Morgan fingerprint density at radius 1 is 1.62 bits per heavy atom. The minimum Gasteiger partial charge on any atom is -0.300 e. The SMILES string of the molecule is [CH2]CC(=O)CC(Cl)Cl. The van der Waals surface area contributed by atoms with Crippen LogP contribution in [0.5, 0.6) is 0 Å². The number of ketones is 1. The fraction of sp³-hybridized carbons (Fsp3) is 0.600. The fourth-order valence-corrected chi connectivity index (χ4v) is 0.618. The van der Waals surface area contributed by atoms with E-state index < -0.39 is 4.84 Å². The van der Waals surface area contributed by atoms with Crippen molar-refractivity contribution in [3.8, 4) is 0 Å². The number of alkyl halides is 2. The van der Waals surface area contributed by atoms with Gasteiger partial charge in [0.2, 0.25) is 0 Å². The minimum absolute atomic E-state index is 0.000000000000000444. The van der Waals surface area contributed by atoms with Crippen LogP contribution in [0.4, 0.5) is 0 Å². The molecule has 0 bridgehead atoms. The van der Waals surface area contributed by atoms with Gasteiger partial charge in [0.15, 0.2) is 0 Å². The molecule has 1 nitrogen and oxygen atoms in total. The van der Waals surface area contributed by atoms with E-state index in [1.54, 1.807) is 0 Å². The summed E-state index contributed by atoms with van der Waals surface area (Å²) in [5, 5.41) is 0. The van der Waals surface area contributed by atoms with Gasteiger partial charge in [-0.2, -0.15) is 0 Å². The van der Waals surface area contributed by atoms with E-state index in [1.165, 1.54) is 0 Å². The molecule has 0 aliphatic rings. The molecule has 0 amide bonds. The number of carbonyl (C=O) groups excluding carboxylic acids is 1. The Bertz CT molecular complexity index is 80.5. The highest BCUT2D eigenvalue weighted by molar-refractivity contribution is 6.45. The predicted octanol–water partition coefficient (Wildman–Crippen LogP) is 1.97. The molecule has 0 atom stereocenters. The summed E-state index contributed by atoms with van der Waals surface area (Å²) in [6.07, 6.45) is 0.489. The van der Waals surface area contributed by atoms with Gasteiger partial charge in [0.05, 0.1) is 0 Å². The van der Waals surface area contributed by atoms with Crippen molar-refractivity contribution in [2.75, 3.05) is 0 Å². The quantitative estimate of drug-likeness (QED) is 0.568. The smallest absolute Gasteiger partial charge is 0.135 e. The van der Waals surface area contributed by atoms with Gasteiger partial charge in [-0.05, 0) is 6.92 Å². The zero-order valence-electron chi connectivity index (χ0n) is 4.36. The summed E-state index contributed by atoms with van der Waals surface area (Å²) in [4.78, 5) is 9.83. The lowest BCUT2D eigenvalue weighted by Gasteiger charge is -1.94. The van der Waals surface area contributed by atoms with Crippen LogP contribution in [0.25, 0.3) is 0 Å². The molecule has 0 unspecified atom stereocenters. The third-order valence-electron chi connectivity index (χ3n) is 0.661. The summed E-state index contributed by atoms with van der Waals surface area (Å²) in [5.41, 5.74) is 0. The summed E-state index contributed by atoms with van der Waals surface area (Å²) in [6.45, 7) is 3.37. The number of rotatable bonds is 3. The van der Waals surface area contributed by atoms with E-state index in [-0.39, 0.29) is 18.6 Å². The first kappa shape index (κ1) is 8.25. The molecule has 47 valence electrons. The predicted molar refractivity (Wildman–Crippen MR) is 35.1 cm³/mol. The zero-order chi connectivity index (χ0) is 6.57. The molecule has 0 fully saturated rings. The summed E-state index contributed by atoms with van der Waals surface area (Å²) < 4.78 is 0. The van der Waals surface area contributed by atoms with E-state index in [1.807, 2.05) is 0 Å². The second kappa shape index (κ2) is 4.16. The van der Waals surface area contributed by atoms with Crippen molar-refractivity contribution in [3.05, 3.63) is 6.92 Å². The zero-order valence-corrected chi connectivity index (χ0v) is 5.87. The number of hydrogen-bond donors (Lipinski definition) is 0. The van der Waals surface area contributed by atoms with Crippen molar-refractivity contribution in [1.82, 2.24) is 0 Å². The van der Waals surface area contributed by atoms with Crippen LogP contribution in [-0.2, 0) is 4.79 Å². The molecule has 0 spiro atoms. The molecule has 0 aliphatic carbocycles. The van der Waals surface area contributed by atoms with Crippen LogP contribution in [0.2, 0.25) is 0 Å². The van der Waals surface area contributed by atoms with Crippen LogP contribution < -0.4 is 0 Å². The molecule has 0 saturated carbocycles. The molecule has 0 N–H and O–H groups in total. The Labute approximate surface area is 59.0 Å². The van der Waals surface area contributed by atoms with E-state index >= 15 is 0 Å². The van der Waals surface area contributed by atoms with E-state index in [2.05, 4.69) is 6.92 Å². The molecular formula is C5H7Cl2O. The monoisotopic (exact) mass is 153 g/mol. The van der Waals surface area contributed by atoms with E-state index in [0.29, 0.717) is 0 Å². The third-order valence-corrected chi connectivity index (χ3v) is 0.969. The Hall–Kier alpha value is 0.250. The Balaban J connectivity index is 3.25. The fourth-order valence-electron chi connectivity index (χ4n) is 0.274. The molecule has 0 aromatic carbocycles. The van der Waals surface area contributed by atoms with Gasteiger partial charge in [-0.1, -0.05) is 0 Å². The average Bonchev–Trinajstić information content (AvgIpc) is 1.65. The Morgan fingerprint density at radius 2 is 2.12 bits per heavy atom. The first-order chi connectivity index (χ1) is 3.66. The van der Waals surface area contributed by atoms with Crippen LogP contribution in [0.1, 0.15) is 12.8 Å². The molecule has 0 heterocycles. The molecule has 3 heteroatoms. The number of Topliss-reactive ketones (excluding diaryl/α,β-unsaturated/α-hetero) is 1. The summed E-state index contributed by atoms with van der Waals surface area (Å²) >= 11 is 10.5. The van der Waals surface area contributed by atoms with Gasteiger partial charge in [-0.25, -0.2) is 0 Å². The van der Waals surface area contributed by atoms with Gasteiger partial charge in [0.25, 0.3) is 0 Å². The van der Waals surface area contributed by atoms with Gasteiger partial charge >= 0.3 is 0 Å². The molecule has 1 radical (unpaired) electrons. The number of halogens is 2. The number of carbonyl (C=O) groups is 1. The summed E-state index contributed by atoms with van der Waals surface area (Å²) in [7, 11) is 0. The topological polar surface area (TPSA) is 17.1 Å². The van der Waals surface area contributed by atoms with E-state index in [4.69, 9.17) is 23.2 Å². The van der Waals surface area contributed by atoms with Crippen LogP contribution in [-0.4, -0.2) is 10.6 Å². The van der Waals surface area contributed by atoms with Gasteiger partial charge in [0, 0.05) is 12.8 Å². The highest BCUT2D eigenvalue weighted by Crippen LogP contribution is 2.07. The molecule has 0 aliphatic heterocycles. The first-order valence-electron chi connectivity index (χ1n) is 2.26. The lowest BCUT2D eigenvalue weighted by molar-refractivity contribution is -0.118. The lowest BCUT2D eigenvalue weighted by atomic mass is 10.2. The molecular weight excluding hydrogens is 147 g/mol. The van der Waals surface area contributed by atoms with Crippen LogP contribution in [0.3, 0.4) is 0 Å². The third kappa shape index (κ3) is 4.41.